The van der Waals surface area contributed by atoms with Crippen molar-refractivity contribution in [2.24, 2.45) is 0 Å². The predicted molar refractivity (Wildman–Crippen MR) is 140 cm³/mol. The second-order valence-electron chi connectivity index (χ2n) is 9.40. The molecule has 4 aromatic rings. The number of carbonyl (C=O) groups is 2. The van der Waals surface area contributed by atoms with Gasteiger partial charge in [0, 0.05) is 42.0 Å². The van der Waals surface area contributed by atoms with Crippen molar-refractivity contribution >= 4 is 28.4 Å². The smallest absolute Gasteiger partial charge is 0.242 e. The summed E-state index contributed by atoms with van der Waals surface area (Å²) >= 11 is 0. The fourth-order valence-corrected chi connectivity index (χ4v) is 4.86. The molecule has 0 saturated carbocycles. The largest absolute Gasteiger partial charge is 0.309 e. The average molecular weight is 483 g/mol. The van der Waals surface area contributed by atoms with E-state index in [1.807, 2.05) is 73.3 Å². The first-order valence-corrected chi connectivity index (χ1v) is 12.3. The maximum atomic E-state index is 13.0. The van der Waals surface area contributed by atoms with Crippen molar-refractivity contribution in [3.8, 4) is 11.1 Å². The van der Waals surface area contributed by atoms with Crippen LogP contribution >= 0.6 is 0 Å². The number of fused-ring (bicyclic) bond motifs is 1. The van der Waals surface area contributed by atoms with E-state index in [0.717, 1.165) is 52.8 Å². The molecule has 1 amide bonds. The van der Waals surface area contributed by atoms with Crippen LogP contribution in [0.5, 0.6) is 0 Å². The zero-order valence-electron chi connectivity index (χ0n) is 20.9. The number of hydrogen-bond donors (Lipinski definition) is 1. The highest BCUT2D eigenvalue weighted by Crippen LogP contribution is 2.27. The molecule has 1 saturated heterocycles. The number of likely N-dealkylation sites (tertiary alicyclic amines) is 1. The summed E-state index contributed by atoms with van der Waals surface area (Å²) in [4.78, 5) is 36.4. The van der Waals surface area contributed by atoms with Gasteiger partial charge < -0.3 is 5.32 Å². The van der Waals surface area contributed by atoms with Crippen molar-refractivity contribution in [2.45, 2.75) is 46.2 Å². The Morgan fingerprint density at radius 1 is 1.03 bits per heavy atom. The summed E-state index contributed by atoms with van der Waals surface area (Å²) in [5.74, 6) is 0.481. The minimum Gasteiger partial charge on any atom is -0.309 e. The van der Waals surface area contributed by atoms with Crippen LogP contribution in [0.3, 0.4) is 0 Å². The van der Waals surface area contributed by atoms with E-state index in [2.05, 4.69) is 25.3 Å². The highest BCUT2D eigenvalue weighted by molar-refractivity contribution is 6.05. The summed E-state index contributed by atoms with van der Waals surface area (Å²) < 4.78 is 1.89. The van der Waals surface area contributed by atoms with Crippen molar-refractivity contribution in [2.75, 3.05) is 18.4 Å². The molecule has 0 radical (unpaired) electrons. The molecule has 1 aromatic carbocycles. The lowest BCUT2D eigenvalue weighted by Crippen LogP contribution is -2.41. The number of Topliss-reactive ketones (excluding diaryl/α,β-unsaturated/α-hetero) is 1. The summed E-state index contributed by atoms with van der Waals surface area (Å²) in [5, 5.41) is 8.46. The molecular weight excluding hydrogens is 452 g/mol. The Morgan fingerprint density at radius 2 is 1.86 bits per heavy atom. The number of ketones is 1. The molecule has 8 nitrogen and oxygen atoms in total. The molecule has 1 fully saturated rings. The lowest BCUT2D eigenvalue weighted by Gasteiger charge is -2.23. The second-order valence-corrected chi connectivity index (χ2v) is 9.40. The van der Waals surface area contributed by atoms with E-state index in [-0.39, 0.29) is 17.7 Å². The first-order valence-electron chi connectivity index (χ1n) is 12.3. The summed E-state index contributed by atoms with van der Waals surface area (Å²) in [6, 6.07) is 15.5. The van der Waals surface area contributed by atoms with Crippen LogP contribution in [0.15, 0.2) is 54.7 Å². The zero-order valence-corrected chi connectivity index (χ0v) is 20.9. The number of nitrogens with one attached hydrogen (secondary N) is 1. The van der Waals surface area contributed by atoms with E-state index in [4.69, 9.17) is 0 Å². The average Bonchev–Trinajstić information content (AvgIpc) is 3.47. The fraction of sp³-hybridized carbons (Fsp3) is 0.321. The number of carbonyl (C=O) groups excluding carboxylic acids is 2. The Morgan fingerprint density at radius 3 is 2.61 bits per heavy atom. The summed E-state index contributed by atoms with van der Waals surface area (Å²) in [6.07, 6.45) is 3.62. The number of amides is 1. The monoisotopic (exact) mass is 482 g/mol. The number of nitrogens with zero attached hydrogens (tertiary/aromatic N) is 5. The molecule has 3 aromatic heterocycles. The first-order chi connectivity index (χ1) is 17.4. The molecule has 1 atom stereocenters. The number of pyridine rings is 2. The van der Waals surface area contributed by atoms with E-state index >= 15 is 0 Å². The van der Waals surface area contributed by atoms with E-state index in [0.29, 0.717) is 24.6 Å². The molecule has 0 bridgehead atoms. The standard InChI is InChI=1S/C28H30N6O2/c1-18-9-10-22(17-29-18)21-11-12-24-23(16-21)27(20(3)35)32-34(24)15-14-33-13-5-7-25(33)28(36)31-26-8-4-6-19(2)30-26/h4,6,8-12,16-17,25H,5,7,13-15H2,1-3H3,(H,30,31,36)/t25-/m0/s1. The predicted octanol–water partition coefficient (Wildman–Crippen LogP) is 4.42. The topological polar surface area (TPSA) is 93.0 Å². The van der Waals surface area contributed by atoms with Crippen molar-refractivity contribution in [3.05, 3.63) is 71.8 Å². The van der Waals surface area contributed by atoms with Gasteiger partial charge in [-0.2, -0.15) is 5.10 Å². The number of hydrogen-bond acceptors (Lipinski definition) is 6. The summed E-state index contributed by atoms with van der Waals surface area (Å²) in [6.45, 7) is 7.51. The molecular formula is C28H30N6O2. The van der Waals surface area contributed by atoms with Gasteiger partial charge in [0.25, 0.3) is 0 Å². The molecule has 1 N–H and O–H groups in total. The van der Waals surface area contributed by atoms with Crippen LogP contribution in [0.2, 0.25) is 0 Å². The molecule has 5 rings (SSSR count). The fourth-order valence-electron chi connectivity index (χ4n) is 4.86. The number of aryl methyl sites for hydroxylation is 2. The normalized spacial score (nSPS) is 15.9. The second kappa shape index (κ2) is 9.99. The van der Waals surface area contributed by atoms with Crippen molar-refractivity contribution < 1.29 is 9.59 Å². The van der Waals surface area contributed by atoms with Gasteiger partial charge in [0.15, 0.2) is 5.78 Å². The molecule has 1 aliphatic rings. The zero-order chi connectivity index (χ0) is 25.2. The third-order valence-electron chi connectivity index (χ3n) is 6.73. The number of aromatic nitrogens is 4. The van der Waals surface area contributed by atoms with Crippen LogP contribution in [0.25, 0.3) is 22.0 Å². The van der Waals surface area contributed by atoms with Crippen molar-refractivity contribution in [1.82, 2.24) is 24.6 Å². The summed E-state index contributed by atoms with van der Waals surface area (Å²) in [5.41, 5.74) is 5.20. The highest BCUT2D eigenvalue weighted by Gasteiger charge is 2.31. The Hall–Kier alpha value is -3.91. The van der Waals surface area contributed by atoms with Gasteiger partial charge >= 0.3 is 0 Å². The molecule has 8 heteroatoms. The number of rotatable bonds is 7. The van der Waals surface area contributed by atoms with Crippen LogP contribution in [-0.4, -0.2) is 55.5 Å². The minimum atomic E-state index is -0.206. The lowest BCUT2D eigenvalue weighted by atomic mass is 10.0. The van der Waals surface area contributed by atoms with Gasteiger partial charge in [0.2, 0.25) is 5.91 Å². The third-order valence-corrected chi connectivity index (χ3v) is 6.73. The molecule has 0 aliphatic carbocycles. The van der Waals surface area contributed by atoms with Gasteiger partial charge in [0.1, 0.15) is 11.5 Å². The maximum Gasteiger partial charge on any atom is 0.242 e. The lowest BCUT2D eigenvalue weighted by molar-refractivity contribution is -0.120. The molecule has 0 spiro atoms. The van der Waals surface area contributed by atoms with Crippen LogP contribution in [-0.2, 0) is 11.3 Å². The van der Waals surface area contributed by atoms with E-state index in [9.17, 15) is 9.59 Å². The number of benzene rings is 1. The third kappa shape index (κ3) is 4.90. The molecule has 0 unspecified atom stereocenters. The van der Waals surface area contributed by atoms with Gasteiger partial charge in [-0.3, -0.25) is 24.2 Å². The first kappa shape index (κ1) is 23.8. The van der Waals surface area contributed by atoms with Gasteiger partial charge in [-0.25, -0.2) is 4.98 Å². The molecule has 1 aliphatic heterocycles. The molecule has 4 heterocycles. The summed E-state index contributed by atoms with van der Waals surface area (Å²) in [7, 11) is 0. The SMILES string of the molecule is CC(=O)c1nn(CCN2CCC[C@H]2C(=O)Nc2cccc(C)n2)c2ccc(-c3ccc(C)nc3)cc12. The number of anilines is 1. The van der Waals surface area contributed by atoms with E-state index in [1.165, 1.54) is 0 Å². The van der Waals surface area contributed by atoms with Gasteiger partial charge in [0.05, 0.1) is 18.1 Å². The van der Waals surface area contributed by atoms with Crippen LogP contribution in [0.1, 0.15) is 41.6 Å². The maximum absolute atomic E-state index is 13.0. The van der Waals surface area contributed by atoms with Crippen LogP contribution in [0.4, 0.5) is 5.82 Å². The van der Waals surface area contributed by atoms with Gasteiger partial charge in [-0.1, -0.05) is 18.2 Å². The van der Waals surface area contributed by atoms with Gasteiger partial charge in [-0.15, -0.1) is 0 Å². The quantitative estimate of drug-likeness (QED) is 0.392. The van der Waals surface area contributed by atoms with E-state index < -0.39 is 0 Å². The van der Waals surface area contributed by atoms with Crippen molar-refractivity contribution in [1.29, 1.82) is 0 Å². The Kier molecular flexibility index (Phi) is 6.61. The molecule has 36 heavy (non-hydrogen) atoms. The van der Waals surface area contributed by atoms with Gasteiger partial charge in [-0.05, 0) is 69.1 Å². The Balaban J connectivity index is 1.34. The minimum absolute atomic E-state index is 0.0308. The van der Waals surface area contributed by atoms with Crippen LogP contribution < -0.4 is 5.32 Å². The highest BCUT2D eigenvalue weighted by atomic mass is 16.2. The van der Waals surface area contributed by atoms with E-state index in [1.54, 1.807) is 6.92 Å². The molecule has 184 valence electrons. The Bertz CT molecular complexity index is 1430. The van der Waals surface area contributed by atoms with Crippen LogP contribution in [0, 0.1) is 13.8 Å². The van der Waals surface area contributed by atoms with Crippen molar-refractivity contribution in [3.63, 3.8) is 0 Å². The Labute approximate surface area is 210 Å².